The first-order chi connectivity index (χ1) is 9.91. The number of nitrogens with zero attached hydrogens (tertiary/aromatic N) is 1. The van der Waals surface area contributed by atoms with Crippen LogP contribution in [-0.2, 0) is 9.84 Å². The Kier molecular flexibility index (Phi) is 5.66. The fraction of sp³-hybridized carbons (Fsp3) is 0.600. The molecule has 0 radical (unpaired) electrons. The maximum Gasteiger partial charge on any atom is 0.153 e. The van der Waals surface area contributed by atoms with Gasteiger partial charge in [-0.3, -0.25) is 4.90 Å². The lowest BCUT2D eigenvalue weighted by Gasteiger charge is -2.34. The third kappa shape index (κ3) is 4.68. The fourth-order valence-corrected chi connectivity index (χ4v) is 4.68. The maximum atomic E-state index is 11.6. The lowest BCUT2D eigenvalue weighted by Crippen LogP contribution is -2.47. The summed E-state index contributed by atoms with van der Waals surface area (Å²) in [7, 11) is -0.901. The van der Waals surface area contributed by atoms with Gasteiger partial charge in [0.05, 0.1) is 11.5 Å². The first-order valence-corrected chi connectivity index (χ1v) is 9.48. The van der Waals surface area contributed by atoms with Gasteiger partial charge < -0.3 is 5.32 Å². The topological polar surface area (TPSA) is 49.4 Å². The Bertz CT molecular complexity index is 577. The Morgan fingerprint density at radius 2 is 2.24 bits per heavy atom. The van der Waals surface area contributed by atoms with Crippen LogP contribution in [0.3, 0.4) is 0 Å². The van der Waals surface area contributed by atoms with E-state index in [1.165, 1.54) is 5.56 Å². The Morgan fingerprint density at radius 1 is 1.48 bits per heavy atom. The SMILES string of the molecule is CNC(CCN1CCS(=O)(=O)CC1C)c1cccc(Cl)c1. The van der Waals surface area contributed by atoms with Crippen LogP contribution in [0.25, 0.3) is 0 Å². The zero-order valence-corrected chi connectivity index (χ0v) is 14.1. The Hall–Kier alpha value is -0.620. The average Bonchev–Trinajstić information content (AvgIpc) is 2.41. The predicted molar refractivity (Wildman–Crippen MR) is 87.6 cm³/mol. The molecule has 1 aliphatic rings. The second-order valence-electron chi connectivity index (χ2n) is 5.68. The van der Waals surface area contributed by atoms with Crippen LogP contribution in [0.5, 0.6) is 0 Å². The molecule has 0 aliphatic carbocycles. The molecule has 2 unspecified atom stereocenters. The van der Waals surface area contributed by atoms with E-state index in [1.807, 2.05) is 32.2 Å². The molecule has 2 rings (SSSR count). The van der Waals surface area contributed by atoms with Crippen LogP contribution in [0, 0.1) is 0 Å². The second-order valence-corrected chi connectivity index (χ2v) is 8.35. The highest BCUT2D eigenvalue weighted by atomic mass is 35.5. The third-order valence-corrected chi connectivity index (χ3v) is 6.14. The zero-order chi connectivity index (χ0) is 15.5. The second kappa shape index (κ2) is 7.09. The molecule has 2 atom stereocenters. The molecular formula is C15H23ClN2O2S. The molecule has 6 heteroatoms. The van der Waals surface area contributed by atoms with Gasteiger partial charge in [-0.2, -0.15) is 0 Å². The molecule has 4 nitrogen and oxygen atoms in total. The normalized spacial score (nSPS) is 23.9. The molecule has 1 heterocycles. The largest absolute Gasteiger partial charge is 0.313 e. The van der Waals surface area contributed by atoms with Crippen molar-refractivity contribution in [1.29, 1.82) is 0 Å². The van der Waals surface area contributed by atoms with E-state index in [2.05, 4.69) is 16.3 Å². The minimum atomic E-state index is -2.84. The molecular weight excluding hydrogens is 308 g/mol. The van der Waals surface area contributed by atoms with Crippen LogP contribution >= 0.6 is 11.6 Å². The van der Waals surface area contributed by atoms with Gasteiger partial charge in [0.25, 0.3) is 0 Å². The van der Waals surface area contributed by atoms with Gasteiger partial charge in [-0.1, -0.05) is 23.7 Å². The molecule has 0 saturated carbocycles. The van der Waals surface area contributed by atoms with Crippen molar-refractivity contribution in [3.8, 4) is 0 Å². The van der Waals surface area contributed by atoms with Gasteiger partial charge in [0, 0.05) is 30.2 Å². The fourth-order valence-electron chi connectivity index (χ4n) is 2.86. The van der Waals surface area contributed by atoms with Gasteiger partial charge in [0.1, 0.15) is 0 Å². The molecule has 1 aromatic carbocycles. The number of sulfone groups is 1. The standard InChI is InChI=1S/C15H23ClN2O2S/c1-12-11-21(19,20)9-8-18(12)7-6-15(17-2)13-4-3-5-14(16)10-13/h3-5,10,12,15,17H,6-9,11H2,1-2H3. The van der Waals surface area contributed by atoms with Crippen molar-refractivity contribution in [2.75, 3.05) is 31.6 Å². The van der Waals surface area contributed by atoms with Gasteiger partial charge >= 0.3 is 0 Å². The van der Waals surface area contributed by atoms with Crippen molar-refractivity contribution in [3.63, 3.8) is 0 Å². The van der Waals surface area contributed by atoms with E-state index >= 15 is 0 Å². The molecule has 1 N–H and O–H groups in total. The molecule has 0 amide bonds. The van der Waals surface area contributed by atoms with Crippen LogP contribution in [0.2, 0.25) is 5.02 Å². The first-order valence-electron chi connectivity index (χ1n) is 7.28. The summed E-state index contributed by atoms with van der Waals surface area (Å²) in [5, 5.41) is 4.05. The lowest BCUT2D eigenvalue weighted by molar-refractivity contribution is 0.215. The number of halogens is 1. The van der Waals surface area contributed by atoms with Gasteiger partial charge in [-0.05, 0) is 38.1 Å². The summed E-state index contributed by atoms with van der Waals surface area (Å²) >= 11 is 6.04. The summed E-state index contributed by atoms with van der Waals surface area (Å²) < 4.78 is 23.2. The van der Waals surface area contributed by atoms with Gasteiger partial charge in [0.2, 0.25) is 0 Å². The van der Waals surface area contributed by atoms with Crippen LogP contribution < -0.4 is 5.32 Å². The molecule has 1 fully saturated rings. The van der Waals surface area contributed by atoms with E-state index in [0.29, 0.717) is 6.54 Å². The molecule has 1 saturated heterocycles. The zero-order valence-electron chi connectivity index (χ0n) is 12.5. The van der Waals surface area contributed by atoms with Crippen molar-refractivity contribution < 1.29 is 8.42 Å². The van der Waals surface area contributed by atoms with Crippen LogP contribution in [0.4, 0.5) is 0 Å². The number of benzene rings is 1. The van der Waals surface area contributed by atoms with Crippen molar-refractivity contribution in [3.05, 3.63) is 34.9 Å². The first kappa shape index (κ1) is 16.7. The van der Waals surface area contributed by atoms with Crippen molar-refractivity contribution in [1.82, 2.24) is 10.2 Å². The average molecular weight is 331 g/mol. The van der Waals surface area contributed by atoms with E-state index in [0.717, 1.165) is 18.0 Å². The summed E-state index contributed by atoms with van der Waals surface area (Å²) in [6, 6.07) is 8.20. The van der Waals surface area contributed by atoms with Gasteiger partial charge in [-0.15, -0.1) is 0 Å². The highest BCUT2D eigenvalue weighted by Gasteiger charge is 2.28. The summed E-state index contributed by atoms with van der Waals surface area (Å²) in [6.07, 6.45) is 0.932. The predicted octanol–water partition coefficient (Wildman–Crippen LogP) is 2.11. The summed E-state index contributed by atoms with van der Waals surface area (Å²) in [5.74, 6) is 0.549. The molecule has 0 bridgehead atoms. The summed E-state index contributed by atoms with van der Waals surface area (Å²) in [4.78, 5) is 2.26. The Labute approximate surface area is 132 Å². The van der Waals surface area contributed by atoms with Crippen molar-refractivity contribution in [2.45, 2.75) is 25.4 Å². The van der Waals surface area contributed by atoms with E-state index in [4.69, 9.17) is 11.6 Å². The van der Waals surface area contributed by atoms with Gasteiger partial charge in [0.15, 0.2) is 9.84 Å². The van der Waals surface area contributed by atoms with E-state index < -0.39 is 9.84 Å². The Morgan fingerprint density at radius 3 is 2.86 bits per heavy atom. The van der Waals surface area contributed by atoms with Gasteiger partial charge in [-0.25, -0.2) is 8.42 Å². The molecule has 118 valence electrons. The highest BCUT2D eigenvalue weighted by Crippen LogP contribution is 2.21. The van der Waals surface area contributed by atoms with E-state index in [9.17, 15) is 8.42 Å². The maximum absolute atomic E-state index is 11.6. The lowest BCUT2D eigenvalue weighted by atomic mass is 10.0. The van der Waals surface area contributed by atoms with E-state index in [1.54, 1.807) is 0 Å². The number of nitrogens with one attached hydrogen (secondary N) is 1. The molecule has 0 spiro atoms. The number of hydrogen-bond acceptors (Lipinski definition) is 4. The molecule has 0 aromatic heterocycles. The minimum Gasteiger partial charge on any atom is -0.313 e. The van der Waals surface area contributed by atoms with Crippen LogP contribution in [0.15, 0.2) is 24.3 Å². The minimum absolute atomic E-state index is 0.0978. The molecule has 1 aliphatic heterocycles. The number of rotatable bonds is 5. The van der Waals surface area contributed by atoms with Crippen LogP contribution in [0.1, 0.15) is 24.9 Å². The Balaban J connectivity index is 1.95. The highest BCUT2D eigenvalue weighted by molar-refractivity contribution is 7.91. The molecule has 21 heavy (non-hydrogen) atoms. The smallest absolute Gasteiger partial charge is 0.153 e. The third-order valence-electron chi connectivity index (χ3n) is 4.11. The van der Waals surface area contributed by atoms with Crippen molar-refractivity contribution in [2.24, 2.45) is 0 Å². The number of hydrogen-bond donors (Lipinski definition) is 1. The summed E-state index contributed by atoms with van der Waals surface area (Å²) in [6.45, 7) is 3.51. The quantitative estimate of drug-likeness (QED) is 0.898. The van der Waals surface area contributed by atoms with Crippen molar-refractivity contribution >= 4 is 21.4 Å². The van der Waals surface area contributed by atoms with E-state index in [-0.39, 0.29) is 23.6 Å². The summed E-state index contributed by atoms with van der Waals surface area (Å²) in [5.41, 5.74) is 1.17. The monoisotopic (exact) mass is 330 g/mol. The van der Waals surface area contributed by atoms with Crippen LogP contribution in [-0.4, -0.2) is 51.0 Å². The molecule has 1 aromatic rings.